The normalized spacial score (nSPS) is 19.5. The van der Waals surface area contributed by atoms with Gasteiger partial charge in [0.25, 0.3) is 0 Å². The summed E-state index contributed by atoms with van der Waals surface area (Å²) in [5, 5.41) is 24.0. The third-order valence-corrected chi connectivity index (χ3v) is 6.99. The summed E-state index contributed by atoms with van der Waals surface area (Å²) >= 11 is 0. The maximum absolute atomic E-state index is 10.1. The number of pyridine rings is 2. The predicted molar refractivity (Wildman–Crippen MR) is 137 cm³/mol. The third kappa shape index (κ3) is 4.59. The van der Waals surface area contributed by atoms with Gasteiger partial charge in [0.05, 0.1) is 34.8 Å². The number of rotatable bonds is 7. The van der Waals surface area contributed by atoms with E-state index in [4.69, 9.17) is 9.72 Å². The van der Waals surface area contributed by atoms with E-state index in [9.17, 15) is 10.4 Å². The summed E-state index contributed by atoms with van der Waals surface area (Å²) in [6, 6.07) is 9.13. The van der Waals surface area contributed by atoms with Crippen LogP contribution < -0.4 is 9.64 Å². The Bertz CT molecular complexity index is 1440. The van der Waals surface area contributed by atoms with Crippen LogP contribution in [0.25, 0.3) is 16.6 Å². The van der Waals surface area contributed by atoms with Gasteiger partial charge in [0.1, 0.15) is 24.2 Å². The SMILES string of the molecule is CC(C)(O)COc1cc(-c2ccc(N3CC4CC(C3)N4Cc3cnccn3)nc2)c2c(C#N)cnn2c1. The van der Waals surface area contributed by atoms with Gasteiger partial charge < -0.3 is 14.7 Å². The van der Waals surface area contributed by atoms with Crippen molar-refractivity contribution in [2.75, 3.05) is 24.6 Å². The molecule has 7 rings (SSSR count). The van der Waals surface area contributed by atoms with Crippen LogP contribution in [0.15, 0.2) is 55.4 Å². The molecule has 37 heavy (non-hydrogen) atoms. The summed E-state index contributed by atoms with van der Waals surface area (Å²) < 4.78 is 7.48. The predicted octanol–water partition coefficient (Wildman–Crippen LogP) is 2.67. The Morgan fingerprint density at radius 2 is 1.97 bits per heavy atom. The number of piperazine rings is 1. The Morgan fingerprint density at radius 3 is 2.65 bits per heavy atom. The standard InChI is InChI=1S/C27H28N8O2/c1-27(2,36)17-37-23-8-24(26-19(9-28)11-32-35(26)16-23)18-3-4-25(31-10-18)33-14-21-7-22(15-33)34(21)13-20-12-29-5-6-30-20/h3-6,8,10-12,16,21-22,36H,7,13-15,17H2,1-2H3. The molecule has 3 fully saturated rings. The second-order valence-corrected chi connectivity index (χ2v) is 10.4. The number of anilines is 1. The van der Waals surface area contributed by atoms with Crippen LogP contribution in [0.5, 0.6) is 5.75 Å². The Labute approximate surface area is 214 Å². The molecule has 3 saturated heterocycles. The van der Waals surface area contributed by atoms with E-state index in [0.29, 0.717) is 28.9 Å². The molecule has 7 heterocycles. The van der Waals surface area contributed by atoms with Crippen molar-refractivity contribution in [1.82, 2.24) is 29.5 Å². The number of hydrogen-bond acceptors (Lipinski definition) is 9. The molecule has 0 saturated carbocycles. The minimum Gasteiger partial charge on any atom is -0.489 e. The molecule has 0 spiro atoms. The molecule has 10 nitrogen and oxygen atoms in total. The van der Waals surface area contributed by atoms with Crippen LogP contribution in [0.2, 0.25) is 0 Å². The molecule has 0 radical (unpaired) electrons. The number of nitrogens with zero attached hydrogens (tertiary/aromatic N) is 8. The number of ether oxygens (including phenoxy) is 1. The molecule has 4 aromatic heterocycles. The second-order valence-electron chi connectivity index (χ2n) is 10.4. The van der Waals surface area contributed by atoms with Gasteiger partial charge in [-0.3, -0.25) is 14.9 Å². The van der Waals surface area contributed by atoms with Gasteiger partial charge in [-0.1, -0.05) is 0 Å². The summed E-state index contributed by atoms with van der Waals surface area (Å²) in [5.74, 6) is 1.50. The zero-order valence-electron chi connectivity index (χ0n) is 20.8. The van der Waals surface area contributed by atoms with Crippen LogP contribution in [0.1, 0.15) is 31.5 Å². The van der Waals surface area contributed by atoms with Gasteiger partial charge in [0, 0.05) is 67.6 Å². The largest absolute Gasteiger partial charge is 0.489 e. The summed E-state index contributed by atoms with van der Waals surface area (Å²) in [7, 11) is 0. The van der Waals surface area contributed by atoms with Crippen LogP contribution in [0.3, 0.4) is 0 Å². The molecule has 2 unspecified atom stereocenters. The number of nitriles is 1. The van der Waals surface area contributed by atoms with Gasteiger partial charge in [-0.05, 0) is 38.5 Å². The zero-order chi connectivity index (χ0) is 25.6. The maximum atomic E-state index is 10.1. The lowest BCUT2D eigenvalue weighted by molar-refractivity contribution is -0.00976. The summed E-state index contributed by atoms with van der Waals surface area (Å²) in [4.78, 5) is 18.3. The first kappa shape index (κ1) is 23.3. The van der Waals surface area contributed by atoms with E-state index in [2.05, 4.69) is 30.9 Å². The van der Waals surface area contributed by atoms with Crippen molar-refractivity contribution in [2.45, 2.75) is 44.5 Å². The highest BCUT2D eigenvalue weighted by Crippen LogP contribution is 2.36. The lowest BCUT2D eigenvalue weighted by atomic mass is 9.87. The first-order valence-electron chi connectivity index (χ1n) is 12.4. The van der Waals surface area contributed by atoms with Crippen LogP contribution in [-0.4, -0.2) is 72.0 Å². The number of aromatic nitrogens is 5. The summed E-state index contributed by atoms with van der Waals surface area (Å²) in [6.45, 7) is 6.20. The van der Waals surface area contributed by atoms with E-state index in [1.165, 1.54) is 6.42 Å². The van der Waals surface area contributed by atoms with E-state index in [0.717, 1.165) is 42.3 Å². The van der Waals surface area contributed by atoms with Crippen molar-refractivity contribution < 1.29 is 9.84 Å². The van der Waals surface area contributed by atoms with Gasteiger partial charge in [-0.25, -0.2) is 9.50 Å². The Hall–Kier alpha value is -4.07. The number of hydrogen-bond donors (Lipinski definition) is 1. The van der Waals surface area contributed by atoms with Gasteiger partial charge in [-0.15, -0.1) is 0 Å². The van der Waals surface area contributed by atoms with Gasteiger partial charge in [0.15, 0.2) is 0 Å². The maximum Gasteiger partial charge on any atom is 0.138 e. The van der Waals surface area contributed by atoms with Gasteiger partial charge >= 0.3 is 0 Å². The van der Waals surface area contributed by atoms with Gasteiger partial charge in [0.2, 0.25) is 0 Å². The lowest BCUT2D eigenvalue weighted by Gasteiger charge is -2.56. The molecule has 3 aliphatic rings. The fourth-order valence-electron chi connectivity index (χ4n) is 5.20. The van der Waals surface area contributed by atoms with Crippen molar-refractivity contribution in [3.63, 3.8) is 0 Å². The number of fused-ring (bicyclic) bond motifs is 3. The fourth-order valence-corrected chi connectivity index (χ4v) is 5.20. The molecule has 0 amide bonds. The fraction of sp³-hybridized carbons (Fsp3) is 0.370. The highest BCUT2D eigenvalue weighted by atomic mass is 16.5. The van der Waals surface area contributed by atoms with Crippen LogP contribution in [0, 0.1) is 11.3 Å². The highest BCUT2D eigenvalue weighted by Gasteiger charge is 2.44. The van der Waals surface area contributed by atoms with Crippen molar-refractivity contribution in [2.24, 2.45) is 0 Å². The van der Waals surface area contributed by atoms with Crippen LogP contribution >= 0.6 is 0 Å². The molecule has 1 N–H and O–H groups in total. The molecular weight excluding hydrogens is 468 g/mol. The van der Waals surface area contributed by atoms with Crippen molar-refractivity contribution in [1.29, 1.82) is 5.26 Å². The third-order valence-electron chi connectivity index (χ3n) is 6.99. The highest BCUT2D eigenvalue weighted by molar-refractivity contribution is 5.85. The molecule has 2 atom stereocenters. The Kier molecular flexibility index (Phi) is 5.74. The summed E-state index contributed by atoms with van der Waals surface area (Å²) in [6.07, 6.45) is 11.6. The number of piperidine rings is 1. The molecule has 0 aliphatic carbocycles. The van der Waals surface area contributed by atoms with E-state index < -0.39 is 5.60 Å². The molecular formula is C27H28N8O2. The van der Waals surface area contributed by atoms with E-state index >= 15 is 0 Å². The summed E-state index contributed by atoms with van der Waals surface area (Å²) in [5.41, 5.74) is 2.88. The molecule has 2 bridgehead atoms. The molecule has 3 aliphatic heterocycles. The van der Waals surface area contributed by atoms with E-state index in [1.807, 2.05) is 30.6 Å². The topological polar surface area (TPSA) is 116 Å². The van der Waals surface area contributed by atoms with E-state index in [1.54, 1.807) is 43.2 Å². The first-order valence-corrected chi connectivity index (χ1v) is 12.4. The minimum atomic E-state index is -0.973. The van der Waals surface area contributed by atoms with Crippen LogP contribution in [-0.2, 0) is 6.54 Å². The lowest BCUT2D eigenvalue weighted by Crippen LogP contribution is -2.68. The van der Waals surface area contributed by atoms with Crippen molar-refractivity contribution in [3.8, 4) is 22.9 Å². The van der Waals surface area contributed by atoms with Crippen molar-refractivity contribution >= 4 is 11.3 Å². The smallest absolute Gasteiger partial charge is 0.138 e. The first-order chi connectivity index (χ1) is 17.9. The van der Waals surface area contributed by atoms with Crippen molar-refractivity contribution in [3.05, 3.63) is 66.6 Å². The zero-order valence-corrected chi connectivity index (χ0v) is 20.8. The molecule has 4 aromatic rings. The average Bonchev–Trinajstić information content (AvgIpc) is 3.33. The van der Waals surface area contributed by atoms with Gasteiger partial charge in [-0.2, -0.15) is 10.4 Å². The molecule has 0 aromatic carbocycles. The molecule has 10 heteroatoms. The Morgan fingerprint density at radius 1 is 1.14 bits per heavy atom. The quantitative estimate of drug-likeness (QED) is 0.412. The Balaban J connectivity index is 1.22. The number of aliphatic hydroxyl groups is 1. The average molecular weight is 497 g/mol. The van der Waals surface area contributed by atoms with E-state index in [-0.39, 0.29) is 6.61 Å². The minimum absolute atomic E-state index is 0.132. The monoisotopic (exact) mass is 496 g/mol. The second kappa shape index (κ2) is 9.10. The van der Waals surface area contributed by atoms with Crippen LogP contribution in [0.4, 0.5) is 5.82 Å². The molecule has 188 valence electrons.